The second-order valence-corrected chi connectivity index (χ2v) is 5.88. The highest BCUT2D eigenvalue weighted by molar-refractivity contribution is 9.10. The van der Waals surface area contributed by atoms with Gasteiger partial charge in [-0.2, -0.15) is 0 Å². The van der Waals surface area contributed by atoms with Gasteiger partial charge in [0, 0.05) is 15.5 Å². The molecule has 0 saturated carbocycles. The van der Waals surface area contributed by atoms with Crippen LogP contribution in [0.3, 0.4) is 0 Å². The number of rotatable bonds is 5. The van der Waals surface area contributed by atoms with E-state index in [1.165, 1.54) is 0 Å². The molecule has 1 amide bonds. The zero-order valence-corrected chi connectivity index (χ0v) is 13.2. The van der Waals surface area contributed by atoms with E-state index in [0.717, 1.165) is 13.0 Å². The first-order valence-electron chi connectivity index (χ1n) is 5.81. The molecule has 3 nitrogen and oxygen atoms in total. The predicted octanol–water partition coefficient (Wildman–Crippen LogP) is 3.17. The fourth-order valence-electron chi connectivity index (χ4n) is 1.50. The summed E-state index contributed by atoms with van der Waals surface area (Å²) in [5.41, 5.74) is 0.608. The van der Waals surface area contributed by atoms with Gasteiger partial charge in [0.1, 0.15) is 0 Å². The van der Waals surface area contributed by atoms with Crippen LogP contribution in [-0.2, 0) is 0 Å². The zero-order chi connectivity index (χ0) is 13.7. The van der Waals surface area contributed by atoms with Crippen molar-refractivity contribution in [1.82, 2.24) is 10.2 Å². The molecule has 1 aromatic carbocycles. The quantitative estimate of drug-likeness (QED) is 0.897. The molecular formula is C13H18BrClN2O. The maximum absolute atomic E-state index is 12.0. The SMILES string of the molecule is CC(CCN(C)C)NC(=O)c1ccc(Cl)cc1Br. The van der Waals surface area contributed by atoms with Crippen molar-refractivity contribution in [2.75, 3.05) is 20.6 Å². The maximum atomic E-state index is 12.0. The van der Waals surface area contributed by atoms with Crippen LogP contribution in [0.5, 0.6) is 0 Å². The Bertz CT molecular complexity index is 423. The number of nitrogens with one attached hydrogen (secondary N) is 1. The molecule has 0 saturated heterocycles. The lowest BCUT2D eigenvalue weighted by molar-refractivity contribution is 0.0936. The summed E-state index contributed by atoms with van der Waals surface area (Å²) in [7, 11) is 4.04. The van der Waals surface area contributed by atoms with Gasteiger partial charge in [-0.3, -0.25) is 4.79 Å². The first kappa shape index (κ1) is 15.5. The normalized spacial score (nSPS) is 12.6. The number of hydrogen-bond donors (Lipinski definition) is 1. The molecule has 0 aliphatic heterocycles. The molecule has 18 heavy (non-hydrogen) atoms. The van der Waals surface area contributed by atoms with E-state index in [2.05, 4.69) is 26.1 Å². The van der Waals surface area contributed by atoms with Crippen LogP contribution < -0.4 is 5.32 Å². The third kappa shape index (κ3) is 4.96. The molecule has 1 aromatic rings. The van der Waals surface area contributed by atoms with Gasteiger partial charge in [0.25, 0.3) is 5.91 Å². The van der Waals surface area contributed by atoms with Gasteiger partial charge in [-0.15, -0.1) is 0 Å². The number of nitrogens with zero attached hydrogens (tertiary/aromatic N) is 1. The highest BCUT2D eigenvalue weighted by atomic mass is 79.9. The third-order valence-corrected chi connectivity index (χ3v) is 3.45. The Hall–Kier alpha value is -0.580. The van der Waals surface area contributed by atoms with E-state index in [-0.39, 0.29) is 11.9 Å². The lowest BCUT2D eigenvalue weighted by atomic mass is 10.1. The summed E-state index contributed by atoms with van der Waals surface area (Å²) in [6, 6.07) is 5.30. The van der Waals surface area contributed by atoms with Crippen LogP contribution in [0.2, 0.25) is 5.02 Å². The van der Waals surface area contributed by atoms with Crippen molar-refractivity contribution >= 4 is 33.4 Å². The molecule has 0 aromatic heterocycles. The molecule has 100 valence electrons. The Morgan fingerprint density at radius 1 is 1.50 bits per heavy atom. The zero-order valence-electron chi connectivity index (χ0n) is 10.8. The number of amides is 1. The Kier molecular flexibility index (Phi) is 6.12. The van der Waals surface area contributed by atoms with Crippen molar-refractivity contribution in [2.24, 2.45) is 0 Å². The van der Waals surface area contributed by atoms with E-state index in [4.69, 9.17) is 11.6 Å². The van der Waals surface area contributed by atoms with Gasteiger partial charge in [0.05, 0.1) is 5.56 Å². The maximum Gasteiger partial charge on any atom is 0.252 e. The minimum atomic E-state index is -0.0789. The largest absolute Gasteiger partial charge is 0.350 e. The van der Waals surface area contributed by atoms with Crippen LogP contribution in [0.1, 0.15) is 23.7 Å². The van der Waals surface area contributed by atoms with Crippen molar-refractivity contribution in [3.63, 3.8) is 0 Å². The summed E-state index contributed by atoms with van der Waals surface area (Å²) >= 11 is 9.19. The molecule has 1 unspecified atom stereocenters. The molecule has 5 heteroatoms. The van der Waals surface area contributed by atoms with Crippen LogP contribution in [0.15, 0.2) is 22.7 Å². The molecule has 0 radical (unpaired) electrons. The summed E-state index contributed by atoms with van der Waals surface area (Å²) in [4.78, 5) is 14.1. The third-order valence-electron chi connectivity index (χ3n) is 2.56. The van der Waals surface area contributed by atoms with E-state index in [1.54, 1.807) is 18.2 Å². The fraction of sp³-hybridized carbons (Fsp3) is 0.462. The van der Waals surface area contributed by atoms with Gasteiger partial charge in [0.2, 0.25) is 0 Å². The van der Waals surface area contributed by atoms with Gasteiger partial charge in [-0.25, -0.2) is 0 Å². The van der Waals surface area contributed by atoms with Gasteiger partial charge in [0.15, 0.2) is 0 Å². The van der Waals surface area contributed by atoms with Crippen molar-refractivity contribution < 1.29 is 4.79 Å². The van der Waals surface area contributed by atoms with Crippen LogP contribution in [-0.4, -0.2) is 37.5 Å². The first-order valence-corrected chi connectivity index (χ1v) is 6.98. The van der Waals surface area contributed by atoms with E-state index in [9.17, 15) is 4.79 Å². The summed E-state index contributed by atoms with van der Waals surface area (Å²) in [5.74, 6) is -0.0789. The van der Waals surface area contributed by atoms with Crippen molar-refractivity contribution in [2.45, 2.75) is 19.4 Å². The lowest BCUT2D eigenvalue weighted by Gasteiger charge is -2.17. The monoisotopic (exact) mass is 332 g/mol. The molecule has 0 aliphatic rings. The van der Waals surface area contributed by atoms with Gasteiger partial charge >= 0.3 is 0 Å². The Balaban J connectivity index is 2.59. The molecule has 0 spiro atoms. The standard InChI is InChI=1S/C13H18BrClN2O/c1-9(6-7-17(2)3)16-13(18)11-5-4-10(15)8-12(11)14/h4-5,8-9H,6-7H2,1-3H3,(H,16,18). The average Bonchev–Trinajstić information content (AvgIpc) is 2.26. The molecule has 0 heterocycles. The topological polar surface area (TPSA) is 32.3 Å². The van der Waals surface area contributed by atoms with Crippen molar-refractivity contribution in [3.8, 4) is 0 Å². The number of hydrogen-bond acceptors (Lipinski definition) is 2. The number of halogens is 2. The molecular weight excluding hydrogens is 316 g/mol. The second-order valence-electron chi connectivity index (χ2n) is 4.59. The van der Waals surface area contributed by atoms with Crippen molar-refractivity contribution in [3.05, 3.63) is 33.3 Å². The van der Waals surface area contributed by atoms with Gasteiger partial charge < -0.3 is 10.2 Å². The van der Waals surface area contributed by atoms with Gasteiger partial charge in [-0.1, -0.05) is 11.6 Å². The second kappa shape index (κ2) is 7.12. The molecule has 0 fully saturated rings. The first-order chi connectivity index (χ1) is 8.40. The molecule has 1 rings (SSSR count). The van der Waals surface area contributed by atoms with E-state index < -0.39 is 0 Å². The Morgan fingerprint density at radius 2 is 2.17 bits per heavy atom. The van der Waals surface area contributed by atoms with Crippen LogP contribution in [0.25, 0.3) is 0 Å². The summed E-state index contributed by atoms with van der Waals surface area (Å²) in [5, 5.41) is 3.58. The minimum Gasteiger partial charge on any atom is -0.350 e. The van der Waals surface area contributed by atoms with Crippen LogP contribution >= 0.6 is 27.5 Å². The van der Waals surface area contributed by atoms with E-state index in [0.29, 0.717) is 15.1 Å². The average molecular weight is 334 g/mol. The molecule has 1 atom stereocenters. The predicted molar refractivity (Wildman–Crippen MR) is 79.3 cm³/mol. The van der Waals surface area contributed by atoms with Gasteiger partial charge in [-0.05, 0) is 68.1 Å². The number of carbonyl (C=O) groups is 1. The highest BCUT2D eigenvalue weighted by Gasteiger charge is 2.13. The van der Waals surface area contributed by atoms with Crippen LogP contribution in [0.4, 0.5) is 0 Å². The summed E-state index contributed by atoms with van der Waals surface area (Å²) < 4.78 is 0.715. The van der Waals surface area contributed by atoms with E-state index >= 15 is 0 Å². The van der Waals surface area contributed by atoms with E-state index in [1.807, 2.05) is 21.0 Å². The number of benzene rings is 1. The fourth-order valence-corrected chi connectivity index (χ4v) is 2.36. The highest BCUT2D eigenvalue weighted by Crippen LogP contribution is 2.21. The van der Waals surface area contributed by atoms with Crippen LogP contribution in [0, 0.1) is 0 Å². The lowest BCUT2D eigenvalue weighted by Crippen LogP contribution is -2.34. The minimum absolute atomic E-state index is 0.0789. The smallest absolute Gasteiger partial charge is 0.252 e. The Morgan fingerprint density at radius 3 is 2.72 bits per heavy atom. The Labute approximate surface area is 122 Å². The van der Waals surface area contributed by atoms with Crippen molar-refractivity contribution in [1.29, 1.82) is 0 Å². The number of carbonyl (C=O) groups excluding carboxylic acids is 1. The summed E-state index contributed by atoms with van der Waals surface area (Å²) in [6.45, 7) is 2.95. The summed E-state index contributed by atoms with van der Waals surface area (Å²) in [6.07, 6.45) is 0.921. The molecule has 0 aliphatic carbocycles. The molecule has 1 N–H and O–H groups in total. The molecule has 0 bridgehead atoms.